The Morgan fingerprint density at radius 1 is 1.22 bits per heavy atom. The van der Waals surface area contributed by atoms with E-state index in [0.717, 1.165) is 21.7 Å². The molecule has 1 unspecified atom stereocenters. The SMILES string of the molecule is Cc1ccc(NC(=O)C[NH+](C)[C@@H](C)c2nnc(-c3cccc(Cl)c3)o2)cc1. The molecule has 2 atom stereocenters. The van der Waals surface area contributed by atoms with Crippen molar-refractivity contribution in [3.8, 4) is 11.5 Å². The van der Waals surface area contributed by atoms with E-state index in [0.29, 0.717) is 16.8 Å². The van der Waals surface area contributed by atoms with Crippen LogP contribution in [0.2, 0.25) is 5.02 Å². The molecule has 6 nitrogen and oxygen atoms in total. The number of anilines is 1. The number of amides is 1. The average Bonchev–Trinajstić information content (AvgIpc) is 3.13. The second-order valence-corrected chi connectivity index (χ2v) is 7.05. The predicted molar refractivity (Wildman–Crippen MR) is 105 cm³/mol. The molecule has 0 aliphatic heterocycles. The van der Waals surface area contributed by atoms with Crippen LogP contribution in [-0.2, 0) is 4.79 Å². The Morgan fingerprint density at radius 2 is 1.96 bits per heavy atom. The van der Waals surface area contributed by atoms with Gasteiger partial charge in [0.05, 0.1) is 7.05 Å². The smallest absolute Gasteiger partial charge is 0.279 e. The van der Waals surface area contributed by atoms with E-state index in [-0.39, 0.29) is 18.5 Å². The normalized spacial score (nSPS) is 13.2. The summed E-state index contributed by atoms with van der Waals surface area (Å²) in [5.41, 5.74) is 2.70. The number of carbonyl (C=O) groups excluding carboxylic acids is 1. The van der Waals surface area contributed by atoms with Gasteiger partial charge in [0, 0.05) is 16.3 Å². The quantitative estimate of drug-likeness (QED) is 0.684. The zero-order chi connectivity index (χ0) is 19.4. The number of aryl methyl sites for hydroxylation is 1. The lowest BCUT2D eigenvalue weighted by molar-refractivity contribution is -0.903. The summed E-state index contributed by atoms with van der Waals surface area (Å²) in [5.74, 6) is 0.819. The Hall–Kier alpha value is -2.70. The molecule has 0 aliphatic carbocycles. The van der Waals surface area contributed by atoms with Crippen molar-refractivity contribution in [1.82, 2.24) is 10.2 Å². The van der Waals surface area contributed by atoms with E-state index in [4.69, 9.17) is 16.0 Å². The Labute approximate surface area is 163 Å². The molecular weight excluding hydrogens is 364 g/mol. The van der Waals surface area contributed by atoms with E-state index in [1.165, 1.54) is 0 Å². The van der Waals surface area contributed by atoms with Gasteiger partial charge in [0.15, 0.2) is 12.6 Å². The molecule has 0 fully saturated rings. The van der Waals surface area contributed by atoms with Crippen LogP contribution in [0.15, 0.2) is 52.9 Å². The Morgan fingerprint density at radius 3 is 2.67 bits per heavy atom. The zero-order valence-electron chi connectivity index (χ0n) is 15.5. The molecule has 1 aromatic heterocycles. The lowest BCUT2D eigenvalue weighted by Crippen LogP contribution is -3.10. The summed E-state index contributed by atoms with van der Waals surface area (Å²) >= 11 is 6.01. The summed E-state index contributed by atoms with van der Waals surface area (Å²) in [7, 11) is 1.92. The number of hydrogen-bond donors (Lipinski definition) is 2. The molecule has 3 rings (SSSR count). The highest BCUT2D eigenvalue weighted by atomic mass is 35.5. The van der Waals surface area contributed by atoms with Crippen molar-refractivity contribution < 1.29 is 14.1 Å². The number of quaternary nitrogens is 1. The van der Waals surface area contributed by atoms with Crippen LogP contribution >= 0.6 is 11.6 Å². The van der Waals surface area contributed by atoms with Crippen LogP contribution in [-0.4, -0.2) is 29.7 Å². The fraction of sp³-hybridized carbons (Fsp3) is 0.250. The molecule has 0 saturated heterocycles. The summed E-state index contributed by atoms with van der Waals surface area (Å²) in [5, 5.41) is 11.7. The number of rotatable bonds is 6. The van der Waals surface area contributed by atoms with Gasteiger partial charge in [-0.1, -0.05) is 35.4 Å². The zero-order valence-corrected chi connectivity index (χ0v) is 16.2. The van der Waals surface area contributed by atoms with Crippen molar-refractivity contribution >= 4 is 23.2 Å². The Kier molecular flexibility index (Phi) is 5.88. The van der Waals surface area contributed by atoms with Gasteiger partial charge in [-0.25, -0.2) is 0 Å². The summed E-state index contributed by atoms with van der Waals surface area (Å²) in [4.78, 5) is 13.2. The molecule has 3 aromatic rings. The minimum Gasteiger partial charge on any atom is -0.415 e. The number of nitrogens with zero attached hydrogens (tertiary/aromatic N) is 2. The van der Waals surface area contributed by atoms with Crippen molar-refractivity contribution in [1.29, 1.82) is 0 Å². The van der Waals surface area contributed by atoms with Crippen LogP contribution < -0.4 is 10.2 Å². The number of aromatic nitrogens is 2. The van der Waals surface area contributed by atoms with Gasteiger partial charge in [-0.3, -0.25) is 4.79 Å². The minimum absolute atomic E-state index is 0.0715. The molecule has 0 aliphatic rings. The molecule has 0 radical (unpaired) electrons. The van der Waals surface area contributed by atoms with Gasteiger partial charge in [-0.15, -0.1) is 10.2 Å². The molecule has 0 spiro atoms. The van der Waals surface area contributed by atoms with Crippen LogP contribution in [0.25, 0.3) is 11.5 Å². The number of halogens is 1. The maximum Gasteiger partial charge on any atom is 0.279 e. The van der Waals surface area contributed by atoms with Crippen molar-refractivity contribution in [2.75, 3.05) is 18.9 Å². The van der Waals surface area contributed by atoms with Crippen LogP contribution in [0.1, 0.15) is 24.4 Å². The fourth-order valence-electron chi connectivity index (χ4n) is 2.61. The molecule has 0 saturated carbocycles. The highest BCUT2D eigenvalue weighted by molar-refractivity contribution is 6.30. The van der Waals surface area contributed by atoms with Crippen LogP contribution in [0, 0.1) is 6.92 Å². The van der Waals surface area contributed by atoms with E-state index in [9.17, 15) is 4.79 Å². The van der Waals surface area contributed by atoms with Gasteiger partial charge in [-0.05, 0) is 44.2 Å². The van der Waals surface area contributed by atoms with E-state index in [1.807, 2.05) is 57.3 Å². The van der Waals surface area contributed by atoms with Crippen LogP contribution in [0.5, 0.6) is 0 Å². The van der Waals surface area contributed by atoms with E-state index < -0.39 is 0 Å². The Bertz CT molecular complexity index is 924. The van der Waals surface area contributed by atoms with Crippen molar-refractivity contribution in [3.05, 3.63) is 65.0 Å². The predicted octanol–water partition coefficient (Wildman–Crippen LogP) is 2.91. The monoisotopic (exact) mass is 385 g/mol. The van der Waals surface area contributed by atoms with Crippen molar-refractivity contribution in [2.24, 2.45) is 0 Å². The lowest BCUT2D eigenvalue weighted by atomic mass is 10.2. The number of hydrogen-bond acceptors (Lipinski definition) is 4. The molecule has 1 heterocycles. The minimum atomic E-state index is -0.130. The third kappa shape index (κ3) is 4.93. The van der Waals surface area contributed by atoms with E-state index >= 15 is 0 Å². The molecule has 1 amide bonds. The molecule has 0 bridgehead atoms. The summed E-state index contributed by atoms with van der Waals surface area (Å²) in [6, 6.07) is 14.8. The van der Waals surface area contributed by atoms with Gasteiger partial charge in [0.1, 0.15) is 0 Å². The summed E-state index contributed by atoms with van der Waals surface area (Å²) in [6.07, 6.45) is 0. The standard InChI is InChI=1S/C20H21ClN4O2/c1-13-7-9-17(10-8-13)22-18(26)12-25(3)14(2)19-23-24-20(27-19)15-5-4-6-16(21)11-15/h4-11,14H,12H2,1-3H3,(H,22,26)/p+1/t14-/m0/s1. The number of benzene rings is 2. The number of carbonyl (C=O) groups is 1. The van der Waals surface area contributed by atoms with Crippen LogP contribution in [0.4, 0.5) is 5.69 Å². The molecule has 27 heavy (non-hydrogen) atoms. The summed E-state index contributed by atoms with van der Waals surface area (Å²) in [6.45, 7) is 4.24. The second kappa shape index (κ2) is 8.33. The fourth-order valence-corrected chi connectivity index (χ4v) is 2.80. The first-order valence-electron chi connectivity index (χ1n) is 8.70. The van der Waals surface area contributed by atoms with Crippen molar-refractivity contribution in [3.63, 3.8) is 0 Å². The number of likely N-dealkylation sites (N-methyl/N-ethyl adjacent to an activating group) is 1. The van der Waals surface area contributed by atoms with Gasteiger partial charge < -0.3 is 14.6 Å². The third-order valence-electron chi connectivity index (χ3n) is 4.40. The highest BCUT2D eigenvalue weighted by Gasteiger charge is 2.24. The van der Waals surface area contributed by atoms with Crippen LogP contribution in [0.3, 0.4) is 0 Å². The molecule has 140 valence electrons. The average molecular weight is 386 g/mol. The van der Waals surface area contributed by atoms with Gasteiger partial charge >= 0.3 is 0 Å². The van der Waals surface area contributed by atoms with E-state index in [2.05, 4.69) is 15.5 Å². The first kappa shape index (κ1) is 19.1. The maximum atomic E-state index is 12.3. The summed E-state index contributed by atoms with van der Waals surface area (Å²) < 4.78 is 5.79. The van der Waals surface area contributed by atoms with Crippen molar-refractivity contribution in [2.45, 2.75) is 19.9 Å². The maximum absolute atomic E-state index is 12.3. The molecule has 7 heteroatoms. The molecule has 2 N–H and O–H groups in total. The van der Waals surface area contributed by atoms with Gasteiger partial charge in [0.2, 0.25) is 5.89 Å². The van der Waals surface area contributed by atoms with E-state index in [1.54, 1.807) is 12.1 Å². The first-order chi connectivity index (χ1) is 12.9. The first-order valence-corrected chi connectivity index (χ1v) is 9.08. The highest BCUT2D eigenvalue weighted by Crippen LogP contribution is 2.22. The second-order valence-electron chi connectivity index (χ2n) is 6.61. The largest absolute Gasteiger partial charge is 0.415 e. The molecule has 2 aromatic carbocycles. The Balaban J connectivity index is 1.62. The molecular formula is C20H22ClN4O2+. The van der Waals surface area contributed by atoms with Gasteiger partial charge in [-0.2, -0.15) is 0 Å². The lowest BCUT2D eigenvalue weighted by Gasteiger charge is -2.18. The third-order valence-corrected chi connectivity index (χ3v) is 4.63. The topological polar surface area (TPSA) is 72.5 Å². The van der Waals surface area contributed by atoms with Gasteiger partial charge in [0.25, 0.3) is 11.8 Å². The number of nitrogens with one attached hydrogen (secondary N) is 2.